The molecule has 0 spiro atoms. The molecule has 2 fully saturated rings. The van der Waals surface area contributed by atoms with E-state index < -0.39 is 15.9 Å². The topological polar surface area (TPSA) is 104 Å². The molecule has 1 amide bonds. The Balaban J connectivity index is 1.56. The van der Waals surface area contributed by atoms with Gasteiger partial charge in [-0.15, -0.1) is 0 Å². The van der Waals surface area contributed by atoms with Gasteiger partial charge in [-0.05, 0) is 63.3 Å². The molecule has 4 rings (SSSR count). The van der Waals surface area contributed by atoms with Crippen molar-refractivity contribution in [3.8, 4) is 0 Å². The zero-order valence-electron chi connectivity index (χ0n) is 18.8. The van der Waals surface area contributed by atoms with Gasteiger partial charge in [-0.2, -0.15) is 8.42 Å². The lowest BCUT2D eigenvalue weighted by Crippen LogP contribution is -2.43. The van der Waals surface area contributed by atoms with Gasteiger partial charge in [0.1, 0.15) is 11.6 Å². The number of nitrogens with zero attached hydrogens (tertiary/aromatic N) is 3. The number of sulfonamides is 1. The Bertz CT molecular complexity index is 1100. The number of anilines is 2. The highest BCUT2D eigenvalue weighted by atomic mass is 32.2. The fourth-order valence-corrected chi connectivity index (χ4v) is 5.49. The number of hydrogen-bond donors (Lipinski definition) is 2. The van der Waals surface area contributed by atoms with Crippen LogP contribution in [0.25, 0.3) is 0 Å². The number of hydrogen-bond acceptors (Lipinski definition) is 7. The maximum Gasteiger partial charge on any atom is 0.281 e. The van der Waals surface area contributed by atoms with E-state index in [-0.39, 0.29) is 16.1 Å². The van der Waals surface area contributed by atoms with Crippen molar-refractivity contribution < 1.29 is 13.2 Å². The normalized spacial score (nSPS) is 21.0. The zero-order valence-corrected chi connectivity index (χ0v) is 19.7. The van der Waals surface area contributed by atoms with Crippen molar-refractivity contribution in [3.63, 3.8) is 0 Å². The van der Waals surface area contributed by atoms with Crippen LogP contribution >= 0.6 is 0 Å². The molecular formula is C23H31N5O3S. The molecule has 172 valence electrons. The van der Waals surface area contributed by atoms with Gasteiger partial charge in [-0.25, -0.2) is 14.7 Å². The van der Waals surface area contributed by atoms with Crippen LogP contribution in [0.5, 0.6) is 0 Å². The van der Waals surface area contributed by atoms with Crippen LogP contribution in [0.15, 0.2) is 41.6 Å². The number of aromatic nitrogens is 2. The van der Waals surface area contributed by atoms with Crippen molar-refractivity contribution in [1.29, 1.82) is 0 Å². The lowest BCUT2D eigenvalue weighted by Gasteiger charge is -2.36. The fraction of sp³-hybridized carbons (Fsp3) is 0.522. The standard InChI is InChI=1S/C23H31N5O3S/c1-16-13-15-28(23(16,2)3)21-18(10-7-14-24-21)22(29)27-32(30,31)20-12-6-11-19(26-20)25-17-8-4-5-9-17/h6-7,10-12,14,16-17H,4-5,8-9,13,15H2,1-3H3,(H,25,26)(H,27,29). The summed E-state index contributed by atoms with van der Waals surface area (Å²) in [5.74, 6) is 0.712. The van der Waals surface area contributed by atoms with Gasteiger partial charge in [-0.1, -0.05) is 25.8 Å². The summed E-state index contributed by atoms with van der Waals surface area (Å²) in [6.07, 6.45) is 7.01. The van der Waals surface area contributed by atoms with Crippen LogP contribution in [0.4, 0.5) is 11.6 Å². The van der Waals surface area contributed by atoms with E-state index in [0.717, 1.165) is 38.6 Å². The summed E-state index contributed by atoms with van der Waals surface area (Å²) in [6.45, 7) is 7.16. The minimum atomic E-state index is -4.14. The van der Waals surface area contributed by atoms with E-state index in [1.807, 2.05) is 0 Å². The molecule has 3 heterocycles. The average Bonchev–Trinajstić information content (AvgIpc) is 3.35. The molecule has 1 aliphatic heterocycles. The monoisotopic (exact) mass is 457 g/mol. The van der Waals surface area contributed by atoms with Crippen molar-refractivity contribution in [2.45, 2.75) is 69.5 Å². The van der Waals surface area contributed by atoms with Gasteiger partial charge >= 0.3 is 0 Å². The second kappa shape index (κ2) is 8.69. The maximum atomic E-state index is 13.1. The van der Waals surface area contributed by atoms with Gasteiger partial charge in [0.15, 0.2) is 5.03 Å². The van der Waals surface area contributed by atoms with Gasteiger partial charge < -0.3 is 10.2 Å². The Morgan fingerprint density at radius 2 is 1.88 bits per heavy atom. The summed E-state index contributed by atoms with van der Waals surface area (Å²) in [6, 6.07) is 8.33. The molecule has 0 radical (unpaired) electrons. The molecule has 0 bridgehead atoms. The van der Waals surface area contributed by atoms with Crippen LogP contribution in [0.1, 0.15) is 63.2 Å². The second-order valence-corrected chi connectivity index (χ2v) is 10.9. The van der Waals surface area contributed by atoms with E-state index in [4.69, 9.17) is 0 Å². The number of carbonyl (C=O) groups excluding carboxylic acids is 1. The summed E-state index contributed by atoms with van der Waals surface area (Å²) in [7, 11) is -4.14. The first-order valence-electron chi connectivity index (χ1n) is 11.2. The van der Waals surface area contributed by atoms with Gasteiger partial charge in [0, 0.05) is 24.3 Å². The number of amides is 1. The molecule has 1 saturated carbocycles. The molecule has 2 aromatic heterocycles. The van der Waals surface area contributed by atoms with Crippen LogP contribution in [0.2, 0.25) is 0 Å². The highest BCUT2D eigenvalue weighted by Crippen LogP contribution is 2.38. The van der Waals surface area contributed by atoms with Crippen molar-refractivity contribution in [2.24, 2.45) is 5.92 Å². The van der Waals surface area contributed by atoms with E-state index in [1.165, 1.54) is 6.07 Å². The number of carbonyl (C=O) groups is 1. The van der Waals surface area contributed by atoms with Gasteiger partial charge in [0.2, 0.25) is 0 Å². The van der Waals surface area contributed by atoms with Crippen LogP contribution in [-0.2, 0) is 10.0 Å². The highest BCUT2D eigenvalue weighted by molar-refractivity contribution is 7.90. The van der Waals surface area contributed by atoms with Crippen molar-refractivity contribution >= 4 is 27.6 Å². The lowest BCUT2D eigenvalue weighted by atomic mass is 9.90. The Kier molecular flexibility index (Phi) is 6.11. The minimum Gasteiger partial charge on any atom is -0.367 e. The molecule has 2 aromatic rings. The summed E-state index contributed by atoms with van der Waals surface area (Å²) in [4.78, 5) is 23.8. The fourth-order valence-electron chi connectivity index (χ4n) is 4.55. The molecule has 0 aromatic carbocycles. The van der Waals surface area contributed by atoms with Crippen LogP contribution < -0.4 is 14.9 Å². The molecule has 1 saturated heterocycles. The van der Waals surface area contributed by atoms with Crippen molar-refractivity contribution in [1.82, 2.24) is 14.7 Å². The van der Waals surface area contributed by atoms with E-state index in [0.29, 0.717) is 23.6 Å². The quantitative estimate of drug-likeness (QED) is 0.683. The molecule has 9 heteroatoms. The summed E-state index contributed by atoms with van der Waals surface area (Å²) in [5.41, 5.74) is 0.0443. The molecule has 8 nitrogen and oxygen atoms in total. The predicted molar refractivity (Wildman–Crippen MR) is 124 cm³/mol. The number of pyridine rings is 2. The third kappa shape index (κ3) is 4.44. The first kappa shape index (κ1) is 22.5. The van der Waals surface area contributed by atoms with Gasteiger partial charge in [0.05, 0.1) is 5.56 Å². The van der Waals surface area contributed by atoms with E-state index in [2.05, 4.69) is 45.7 Å². The first-order chi connectivity index (χ1) is 15.2. The molecule has 2 aliphatic rings. The molecular weight excluding hydrogens is 426 g/mol. The number of nitrogens with one attached hydrogen (secondary N) is 2. The molecule has 2 N–H and O–H groups in total. The van der Waals surface area contributed by atoms with E-state index in [9.17, 15) is 13.2 Å². The third-order valence-corrected chi connectivity index (χ3v) is 8.14. The first-order valence-corrected chi connectivity index (χ1v) is 12.7. The zero-order chi connectivity index (χ0) is 22.9. The molecule has 1 atom stereocenters. The third-order valence-electron chi connectivity index (χ3n) is 6.91. The molecule has 1 aliphatic carbocycles. The van der Waals surface area contributed by atoms with Gasteiger partial charge in [0.25, 0.3) is 15.9 Å². The summed E-state index contributed by atoms with van der Waals surface area (Å²) in [5, 5.41) is 3.11. The van der Waals surface area contributed by atoms with E-state index >= 15 is 0 Å². The Morgan fingerprint density at radius 1 is 1.12 bits per heavy atom. The van der Waals surface area contributed by atoms with Crippen LogP contribution in [0, 0.1) is 5.92 Å². The average molecular weight is 458 g/mol. The van der Waals surface area contributed by atoms with Crippen molar-refractivity contribution in [2.75, 3.05) is 16.8 Å². The van der Waals surface area contributed by atoms with Crippen molar-refractivity contribution in [3.05, 3.63) is 42.1 Å². The Morgan fingerprint density at radius 3 is 2.56 bits per heavy atom. The SMILES string of the molecule is CC1CCN(c2ncccc2C(=O)NS(=O)(=O)c2cccc(NC3CCCC3)n2)C1(C)C. The number of rotatable bonds is 6. The lowest BCUT2D eigenvalue weighted by molar-refractivity contribution is 0.0981. The van der Waals surface area contributed by atoms with E-state index in [1.54, 1.807) is 30.5 Å². The van der Waals surface area contributed by atoms with Crippen LogP contribution in [0.3, 0.4) is 0 Å². The highest BCUT2D eigenvalue weighted by Gasteiger charge is 2.40. The Labute approximate surface area is 189 Å². The maximum absolute atomic E-state index is 13.1. The second-order valence-electron chi connectivity index (χ2n) is 9.29. The smallest absolute Gasteiger partial charge is 0.281 e. The Hall–Kier alpha value is -2.68. The summed E-state index contributed by atoms with van der Waals surface area (Å²) >= 11 is 0. The molecule has 1 unspecified atom stereocenters. The van der Waals surface area contributed by atoms with Crippen LogP contribution in [-0.4, -0.2) is 42.4 Å². The van der Waals surface area contributed by atoms with Gasteiger partial charge in [-0.3, -0.25) is 4.79 Å². The molecule has 32 heavy (non-hydrogen) atoms. The minimum absolute atomic E-state index is 0.186. The largest absolute Gasteiger partial charge is 0.367 e. The predicted octanol–water partition coefficient (Wildman–Crippen LogP) is 3.57. The summed E-state index contributed by atoms with van der Waals surface area (Å²) < 4.78 is 28.1.